The molecule has 27 heavy (non-hydrogen) atoms. The average molecular weight is 448 g/mol. The molecule has 0 spiro atoms. The average Bonchev–Trinajstić information content (AvgIpc) is 3.14. The van der Waals surface area contributed by atoms with E-state index in [-0.39, 0.29) is 5.82 Å². The molecule has 0 saturated heterocycles. The maximum absolute atomic E-state index is 12.9. The maximum atomic E-state index is 12.9. The summed E-state index contributed by atoms with van der Waals surface area (Å²) in [5.74, 6) is 2.60. The summed E-state index contributed by atoms with van der Waals surface area (Å²) >= 11 is 5.09. The first-order valence-electron chi connectivity index (χ1n) is 8.24. The molecule has 0 saturated carbocycles. The van der Waals surface area contributed by atoms with Crippen LogP contribution in [0.2, 0.25) is 0 Å². The van der Waals surface area contributed by atoms with Gasteiger partial charge in [-0.15, -0.1) is 5.10 Å². The van der Waals surface area contributed by atoms with E-state index in [1.54, 1.807) is 12.1 Å². The number of aromatic nitrogens is 3. The van der Waals surface area contributed by atoms with Gasteiger partial charge in [-0.1, -0.05) is 45.9 Å². The van der Waals surface area contributed by atoms with Crippen LogP contribution in [0, 0.1) is 5.82 Å². The zero-order valence-electron chi connectivity index (χ0n) is 14.1. The molecule has 138 valence electrons. The SMILES string of the molecule is Fc1ccc(/C=C/c2nc(SCc3cc4c(cc3Br)OCCO4)n[nH]2)cc1. The van der Waals surface area contributed by atoms with Crippen LogP contribution in [0.25, 0.3) is 12.2 Å². The molecule has 0 radical (unpaired) electrons. The Morgan fingerprint density at radius 3 is 2.63 bits per heavy atom. The lowest BCUT2D eigenvalue weighted by atomic mass is 10.2. The van der Waals surface area contributed by atoms with Crippen LogP contribution < -0.4 is 9.47 Å². The Bertz CT molecular complexity index is 976. The molecule has 1 aromatic heterocycles. The number of benzene rings is 2. The first-order chi connectivity index (χ1) is 13.2. The van der Waals surface area contributed by atoms with Gasteiger partial charge in [-0.25, -0.2) is 9.37 Å². The molecule has 1 aliphatic rings. The fourth-order valence-electron chi connectivity index (χ4n) is 2.51. The summed E-state index contributed by atoms with van der Waals surface area (Å²) in [5, 5.41) is 7.76. The zero-order valence-corrected chi connectivity index (χ0v) is 16.5. The van der Waals surface area contributed by atoms with Gasteiger partial charge in [0.05, 0.1) is 0 Å². The van der Waals surface area contributed by atoms with Crippen molar-refractivity contribution in [1.29, 1.82) is 0 Å². The second-order valence-corrected chi connectivity index (χ2v) is 7.56. The molecular weight excluding hydrogens is 433 g/mol. The molecule has 0 aliphatic carbocycles. The molecule has 0 amide bonds. The fraction of sp³-hybridized carbons (Fsp3) is 0.158. The second-order valence-electron chi connectivity index (χ2n) is 5.76. The molecule has 1 aliphatic heterocycles. The second kappa shape index (κ2) is 8.14. The standard InChI is InChI=1S/C19H15BrFN3O2S/c20-15-10-17-16(25-7-8-26-17)9-13(15)11-27-19-22-18(23-24-19)6-3-12-1-4-14(21)5-2-12/h1-6,9-10H,7-8,11H2,(H,22,23,24)/b6-3+. The molecule has 3 aromatic rings. The van der Waals surface area contributed by atoms with Crippen LogP contribution in [0.3, 0.4) is 0 Å². The first-order valence-corrected chi connectivity index (χ1v) is 10.0. The number of halogens is 2. The Balaban J connectivity index is 1.40. The smallest absolute Gasteiger partial charge is 0.209 e. The Morgan fingerprint density at radius 1 is 1.11 bits per heavy atom. The molecule has 1 N–H and O–H groups in total. The molecule has 2 aromatic carbocycles. The summed E-state index contributed by atoms with van der Waals surface area (Å²) in [6.07, 6.45) is 3.66. The quantitative estimate of drug-likeness (QED) is 0.561. The van der Waals surface area contributed by atoms with Crippen LogP contribution in [0.5, 0.6) is 11.5 Å². The predicted octanol–water partition coefficient (Wildman–Crippen LogP) is 4.94. The molecule has 5 nitrogen and oxygen atoms in total. The van der Waals surface area contributed by atoms with E-state index in [9.17, 15) is 4.39 Å². The Hall–Kier alpha value is -2.32. The van der Waals surface area contributed by atoms with Crippen molar-refractivity contribution in [3.8, 4) is 11.5 Å². The van der Waals surface area contributed by atoms with Gasteiger partial charge in [0.15, 0.2) is 11.5 Å². The monoisotopic (exact) mass is 447 g/mol. The third-order valence-corrected chi connectivity index (χ3v) is 5.49. The van der Waals surface area contributed by atoms with Gasteiger partial charge in [-0.2, -0.15) is 0 Å². The van der Waals surface area contributed by atoms with Crippen molar-refractivity contribution in [3.63, 3.8) is 0 Å². The zero-order chi connectivity index (χ0) is 18.6. The molecule has 0 bridgehead atoms. The van der Waals surface area contributed by atoms with Gasteiger partial charge in [0.25, 0.3) is 0 Å². The number of thioether (sulfide) groups is 1. The predicted molar refractivity (Wildman–Crippen MR) is 106 cm³/mol. The Labute approximate surface area is 168 Å². The highest BCUT2D eigenvalue weighted by molar-refractivity contribution is 9.10. The molecule has 4 rings (SSSR count). The Morgan fingerprint density at radius 2 is 1.85 bits per heavy atom. The van der Waals surface area contributed by atoms with Crippen molar-refractivity contribution in [3.05, 3.63) is 63.6 Å². The molecular formula is C19H15BrFN3O2S. The number of hydrogen-bond acceptors (Lipinski definition) is 5. The normalized spacial score (nSPS) is 13.3. The van der Waals surface area contributed by atoms with Crippen molar-refractivity contribution in [2.75, 3.05) is 13.2 Å². The first kappa shape index (κ1) is 18.1. The lowest BCUT2D eigenvalue weighted by molar-refractivity contribution is 0.171. The van der Waals surface area contributed by atoms with E-state index in [2.05, 4.69) is 31.1 Å². The minimum absolute atomic E-state index is 0.254. The summed E-state index contributed by atoms with van der Waals surface area (Å²) in [4.78, 5) is 4.44. The summed E-state index contributed by atoms with van der Waals surface area (Å²) in [5.41, 5.74) is 1.97. The topological polar surface area (TPSA) is 60.0 Å². The van der Waals surface area contributed by atoms with Crippen molar-refractivity contribution >= 4 is 39.8 Å². The summed E-state index contributed by atoms with van der Waals surface area (Å²) in [7, 11) is 0. The highest BCUT2D eigenvalue weighted by Crippen LogP contribution is 2.37. The van der Waals surface area contributed by atoms with Gasteiger partial charge < -0.3 is 9.47 Å². The number of fused-ring (bicyclic) bond motifs is 1. The lowest BCUT2D eigenvalue weighted by Crippen LogP contribution is -2.15. The number of aromatic amines is 1. The van der Waals surface area contributed by atoms with Crippen LogP contribution in [-0.2, 0) is 5.75 Å². The molecule has 0 unspecified atom stereocenters. The van der Waals surface area contributed by atoms with E-state index >= 15 is 0 Å². The fourth-order valence-corrected chi connectivity index (χ4v) is 3.95. The third-order valence-electron chi connectivity index (χ3n) is 3.85. The third kappa shape index (κ3) is 4.51. The number of hydrogen-bond donors (Lipinski definition) is 1. The van der Waals surface area contributed by atoms with Crippen LogP contribution in [0.1, 0.15) is 17.0 Å². The highest BCUT2D eigenvalue weighted by atomic mass is 79.9. The summed E-state index contributed by atoms with van der Waals surface area (Å²) < 4.78 is 25.1. The van der Waals surface area contributed by atoms with Crippen LogP contribution in [-0.4, -0.2) is 28.4 Å². The minimum Gasteiger partial charge on any atom is -0.486 e. The van der Waals surface area contributed by atoms with Gasteiger partial charge in [0.2, 0.25) is 5.16 Å². The number of nitrogens with one attached hydrogen (secondary N) is 1. The number of H-pyrrole nitrogens is 1. The molecule has 0 atom stereocenters. The lowest BCUT2D eigenvalue weighted by Gasteiger charge is -2.19. The minimum atomic E-state index is -0.254. The van der Waals surface area contributed by atoms with E-state index < -0.39 is 0 Å². The highest BCUT2D eigenvalue weighted by Gasteiger charge is 2.15. The number of nitrogens with zero attached hydrogens (tertiary/aromatic N) is 2. The van der Waals surface area contributed by atoms with E-state index in [0.717, 1.165) is 27.1 Å². The van der Waals surface area contributed by atoms with Gasteiger partial charge in [-0.3, -0.25) is 5.10 Å². The van der Waals surface area contributed by atoms with Gasteiger partial charge >= 0.3 is 0 Å². The van der Waals surface area contributed by atoms with Crippen LogP contribution >= 0.6 is 27.7 Å². The van der Waals surface area contributed by atoms with Crippen molar-refractivity contribution < 1.29 is 13.9 Å². The van der Waals surface area contributed by atoms with Gasteiger partial charge in [0, 0.05) is 10.2 Å². The van der Waals surface area contributed by atoms with Gasteiger partial charge in [0.1, 0.15) is 24.9 Å². The van der Waals surface area contributed by atoms with Crippen molar-refractivity contribution in [2.24, 2.45) is 0 Å². The summed E-state index contributed by atoms with van der Waals surface area (Å²) in [6.45, 7) is 1.13. The number of ether oxygens (including phenoxy) is 2. The maximum Gasteiger partial charge on any atom is 0.209 e. The molecule has 0 fully saturated rings. The summed E-state index contributed by atoms with van der Waals surface area (Å²) in [6, 6.07) is 10.2. The largest absolute Gasteiger partial charge is 0.486 e. The van der Waals surface area contributed by atoms with Crippen LogP contribution in [0.4, 0.5) is 4.39 Å². The van der Waals surface area contributed by atoms with Gasteiger partial charge in [-0.05, 0) is 41.5 Å². The Kier molecular flexibility index (Phi) is 5.45. The molecule has 2 heterocycles. The van der Waals surface area contributed by atoms with E-state index in [4.69, 9.17) is 9.47 Å². The van der Waals surface area contributed by atoms with Crippen molar-refractivity contribution in [2.45, 2.75) is 10.9 Å². The van der Waals surface area contributed by atoms with E-state index in [1.165, 1.54) is 23.9 Å². The molecule has 8 heteroatoms. The van der Waals surface area contributed by atoms with E-state index in [0.29, 0.717) is 29.9 Å². The number of rotatable bonds is 5. The van der Waals surface area contributed by atoms with Crippen LogP contribution in [0.15, 0.2) is 46.0 Å². The van der Waals surface area contributed by atoms with E-state index in [1.807, 2.05) is 24.3 Å². The van der Waals surface area contributed by atoms with Crippen molar-refractivity contribution in [1.82, 2.24) is 15.2 Å².